The van der Waals surface area contributed by atoms with Crippen molar-refractivity contribution in [2.45, 2.75) is 51.0 Å². The van der Waals surface area contributed by atoms with Gasteiger partial charge in [0, 0.05) is 6.61 Å². The molecule has 0 amide bonds. The summed E-state index contributed by atoms with van der Waals surface area (Å²) in [5.74, 6) is 0.668. The Balaban J connectivity index is 1.61. The Hall–Kier alpha value is -2.11. The van der Waals surface area contributed by atoms with E-state index >= 15 is 0 Å². The van der Waals surface area contributed by atoms with Crippen LogP contribution in [0.3, 0.4) is 0 Å². The number of ether oxygens (including phenoxy) is 1. The second-order valence-electron chi connectivity index (χ2n) is 6.66. The standard InChI is InChI=1S/C22H25NO/c1-2-15-24-22-13-11-21(12-14-22)20-9-7-19(8-10-20)18-5-3-17(16-23)4-6-18/h3-10,21-22H,2,11-15H2,1H3. The second-order valence-corrected chi connectivity index (χ2v) is 6.66. The van der Waals surface area contributed by atoms with Crippen LogP contribution in [0.2, 0.25) is 0 Å². The van der Waals surface area contributed by atoms with E-state index in [1.54, 1.807) is 0 Å². The third-order valence-electron chi connectivity index (χ3n) is 4.96. The fraction of sp³-hybridized carbons (Fsp3) is 0.409. The lowest BCUT2D eigenvalue weighted by atomic mass is 9.82. The van der Waals surface area contributed by atoms with Gasteiger partial charge in [0.1, 0.15) is 0 Å². The van der Waals surface area contributed by atoms with Crippen molar-refractivity contribution in [2.75, 3.05) is 6.61 Å². The van der Waals surface area contributed by atoms with Crippen LogP contribution in [0.5, 0.6) is 0 Å². The van der Waals surface area contributed by atoms with Gasteiger partial charge in [0.25, 0.3) is 0 Å². The molecule has 0 bridgehead atoms. The molecular formula is C22H25NO. The maximum absolute atomic E-state index is 8.89. The zero-order chi connectivity index (χ0) is 16.8. The minimum absolute atomic E-state index is 0.471. The van der Waals surface area contributed by atoms with E-state index in [1.807, 2.05) is 24.3 Å². The zero-order valence-corrected chi connectivity index (χ0v) is 14.4. The van der Waals surface area contributed by atoms with Crippen LogP contribution in [0, 0.1) is 11.3 Å². The van der Waals surface area contributed by atoms with Crippen LogP contribution >= 0.6 is 0 Å². The molecule has 0 saturated heterocycles. The Morgan fingerprint density at radius 2 is 1.50 bits per heavy atom. The maximum atomic E-state index is 8.89. The van der Waals surface area contributed by atoms with E-state index in [-0.39, 0.29) is 0 Å². The molecule has 124 valence electrons. The lowest BCUT2D eigenvalue weighted by Gasteiger charge is -2.29. The fourth-order valence-electron chi connectivity index (χ4n) is 3.53. The van der Waals surface area contributed by atoms with Gasteiger partial charge in [0.2, 0.25) is 0 Å². The van der Waals surface area contributed by atoms with Crippen LogP contribution in [0.15, 0.2) is 48.5 Å². The van der Waals surface area contributed by atoms with Crippen molar-refractivity contribution in [1.82, 2.24) is 0 Å². The number of hydrogen-bond acceptors (Lipinski definition) is 2. The van der Waals surface area contributed by atoms with E-state index in [1.165, 1.54) is 36.8 Å². The average molecular weight is 319 g/mol. The van der Waals surface area contributed by atoms with Gasteiger partial charge in [-0.3, -0.25) is 0 Å². The van der Waals surface area contributed by atoms with Crippen molar-refractivity contribution in [3.63, 3.8) is 0 Å². The fourth-order valence-corrected chi connectivity index (χ4v) is 3.53. The summed E-state index contributed by atoms with van der Waals surface area (Å²) < 4.78 is 5.89. The van der Waals surface area contributed by atoms with Crippen LogP contribution in [0.4, 0.5) is 0 Å². The zero-order valence-electron chi connectivity index (χ0n) is 14.4. The van der Waals surface area contributed by atoms with Gasteiger partial charge in [0.05, 0.1) is 17.7 Å². The average Bonchev–Trinajstić information content (AvgIpc) is 2.67. The molecule has 0 atom stereocenters. The van der Waals surface area contributed by atoms with Crippen LogP contribution in [0.1, 0.15) is 56.1 Å². The first-order chi connectivity index (χ1) is 11.8. The molecule has 3 rings (SSSR count). The predicted molar refractivity (Wildman–Crippen MR) is 97.8 cm³/mol. The molecule has 0 heterocycles. The van der Waals surface area contributed by atoms with Gasteiger partial charge in [0.15, 0.2) is 0 Å². The molecule has 2 aromatic rings. The normalized spacial score (nSPS) is 20.5. The molecule has 0 unspecified atom stereocenters. The minimum atomic E-state index is 0.471. The van der Waals surface area contributed by atoms with Crippen molar-refractivity contribution < 1.29 is 4.74 Å². The van der Waals surface area contributed by atoms with Gasteiger partial charge in [-0.1, -0.05) is 43.3 Å². The highest BCUT2D eigenvalue weighted by atomic mass is 16.5. The molecule has 1 aliphatic rings. The molecule has 0 aromatic heterocycles. The van der Waals surface area contributed by atoms with Crippen molar-refractivity contribution in [3.05, 3.63) is 59.7 Å². The first-order valence-corrected chi connectivity index (χ1v) is 9.02. The van der Waals surface area contributed by atoms with Gasteiger partial charge in [-0.2, -0.15) is 5.26 Å². The third-order valence-corrected chi connectivity index (χ3v) is 4.96. The molecule has 2 heteroatoms. The Morgan fingerprint density at radius 3 is 2.04 bits per heavy atom. The smallest absolute Gasteiger partial charge is 0.0991 e. The van der Waals surface area contributed by atoms with E-state index in [0.29, 0.717) is 17.6 Å². The van der Waals surface area contributed by atoms with Gasteiger partial charge < -0.3 is 4.74 Å². The number of rotatable bonds is 5. The van der Waals surface area contributed by atoms with E-state index in [0.717, 1.165) is 18.6 Å². The van der Waals surface area contributed by atoms with Crippen LogP contribution < -0.4 is 0 Å². The molecule has 1 saturated carbocycles. The number of nitriles is 1. The summed E-state index contributed by atoms with van der Waals surface area (Å²) in [7, 11) is 0. The summed E-state index contributed by atoms with van der Waals surface area (Å²) in [4.78, 5) is 0. The molecule has 2 nitrogen and oxygen atoms in total. The number of benzene rings is 2. The van der Waals surface area contributed by atoms with Crippen LogP contribution in [-0.2, 0) is 4.74 Å². The molecule has 1 fully saturated rings. The molecule has 0 aliphatic heterocycles. The highest BCUT2D eigenvalue weighted by molar-refractivity contribution is 5.64. The Bertz CT molecular complexity index is 673. The quantitative estimate of drug-likeness (QED) is 0.710. The van der Waals surface area contributed by atoms with Crippen molar-refractivity contribution in [3.8, 4) is 17.2 Å². The van der Waals surface area contributed by atoms with Gasteiger partial charge in [-0.15, -0.1) is 0 Å². The first-order valence-electron chi connectivity index (χ1n) is 9.02. The van der Waals surface area contributed by atoms with Crippen LogP contribution in [0.25, 0.3) is 11.1 Å². The van der Waals surface area contributed by atoms with E-state index in [4.69, 9.17) is 10.00 Å². The van der Waals surface area contributed by atoms with Crippen molar-refractivity contribution in [2.24, 2.45) is 0 Å². The monoisotopic (exact) mass is 319 g/mol. The lowest BCUT2D eigenvalue weighted by Crippen LogP contribution is -2.21. The third kappa shape index (κ3) is 4.04. The summed E-state index contributed by atoms with van der Waals surface area (Å²) in [5, 5.41) is 8.89. The second kappa shape index (κ2) is 8.13. The molecule has 24 heavy (non-hydrogen) atoms. The molecule has 0 N–H and O–H groups in total. The Morgan fingerprint density at radius 1 is 0.917 bits per heavy atom. The lowest BCUT2D eigenvalue weighted by molar-refractivity contribution is 0.0251. The largest absolute Gasteiger partial charge is 0.378 e. The summed E-state index contributed by atoms with van der Waals surface area (Å²) in [6, 6.07) is 18.9. The predicted octanol–water partition coefficient (Wildman–Crippen LogP) is 5.68. The molecule has 1 aliphatic carbocycles. The van der Waals surface area contributed by atoms with Gasteiger partial charge >= 0.3 is 0 Å². The maximum Gasteiger partial charge on any atom is 0.0991 e. The van der Waals surface area contributed by atoms with E-state index < -0.39 is 0 Å². The van der Waals surface area contributed by atoms with Crippen molar-refractivity contribution >= 4 is 0 Å². The summed E-state index contributed by atoms with van der Waals surface area (Å²) in [6.07, 6.45) is 6.40. The Labute approximate surface area is 145 Å². The minimum Gasteiger partial charge on any atom is -0.378 e. The first kappa shape index (κ1) is 16.7. The van der Waals surface area contributed by atoms with E-state index in [9.17, 15) is 0 Å². The molecule has 2 aromatic carbocycles. The SMILES string of the molecule is CCCOC1CCC(c2ccc(-c3ccc(C#N)cc3)cc2)CC1. The summed E-state index contributed by atoms with van der Waals surface area (Å²) in [6.45, 7) is 3.07. The number of hydrogen-bond donors (Lipinski definition) is 0. The summed E-state index contributed by atoms with van der Waals surface area (Å²) >= 11 is 0. The molecular weight excluding hydrogens is 294 g/mol. The van der Waals surface area contributed by atoms with Crippen molar-refractivity contribution in [1.29, 1.82) is 5.26 Å². The molecule has 0 radical (unpaired) electrons. The highest BCUT2D eigenvalue weighted by Crippen LogP contribution is 2.35. The Kier molecular flexibility index (Phi) is 5.67. The molecule has 0 spiro atoms. The van der Waals surface area contributed by atoms with Gasteiger partial charge in [-0.25, -0.2) is 0 Å². The van der Waals surface area contributed by atoms with E-state index in [2.05, 4.69) is 37.3 Å². The van der Waals surface area contributed by atoms with Crippen LogP contribution in [-0.4, -0.2) is 12.7 Å². The summed E-state index contributed by atoms with van der Waals surface area (Å²) in [5.41, 5.74) is 4.53. The van der Waals surface area contributed by atoms with Gasteiger partial charge in [-0.05, 0) is 66.8 Å². The number of nitrogens with zero attached hydrogens (tertiary/aromatic N) is 1. The highest BCUT2D eigenvalue weighted by Gasteiger charge is 2.22. The topological polar surface area (TPSA) is 33.0 Å².